The Hall–Kier alpha value is -3.89. The summed E-state index contributed by atoms with van der Waals surface area (Å²) in [4.78, 5) is 45.0. The third-order valence-corrected chi connectivity index (χ3v) is 6.64. The monoisotopic (exact) mass is 512 g/mol. The lowest BCUT2D eigenvalue weighted by Crippen LogP contribution is -2.32. The zero-order chi connectivity index (χ0) is 25.3. The van der Waals surface area contributed by atoms with Gasteiger partial charge in [-0.3, -0.25) is 19.7 Å². The van der Waals surface area contributed by atoms with E-state index < -0.39 is 11.8 Å². The van der Waals surface area contributed by atoms with Crippen molar-refractivity contribution in [3.8, 4) is 11.5 Å². The lowest BCUT2D eigenvalue weighted by molar-refractivity contribution is -0.120. The fraction of sp³-hybridized carbons (Fsp3) is 0.167. The van der Waals surface area contributed by atoms with E-state index in [0.717, 1.165) is 15.5 Å². The van der Waals surface area contributed by atoms with Gasteiger partial charge in [0.2, 0.25) is 0 Å². The summed E-state index contributed by atoms with van der Waals surface area (Å²) in [6, 6.07) is 11.2. The molecule has 2 aromatic carbocycles. The van der Waals surface area contributed by atoms with Crippen LogP contribution >= 0.6 is 22.9 Å². The second-order valence-corrected chi connectivity index (χ2v) is 9.07. The number of imide groups is 1. The van der Waals surface area contributed by atoms with Gasteiger partial charge in [-0.2, -0.15) is 0 Å². The van der Waals surface area contributed by atoms with E-state index in [1.807, 2.05) is 13.8 Å². The summed E-state index contributed by atoms with van der Waals surface area (Å²) in [5.74, 6) is -0.956. The minimum absolute atomic E-state index is 0.113. The first kappa shape index (κ1) is 24.2. The molecule has 0 bridgehead atoms. The maximum absolute atomic E-state index is 13.2. The Morgan fingerprint density at radius 3 is 2.49 bits per heavy atom. The zero-order valence-electron chi connectivity index (χ0n) is 19.3. The molecule has 3 amide bonds. The molecule has 0 spiro atoms. The number of rotatable bonds is 7. The van der Waals surface area contributed by atoms with Crippen molar-refractivity contribution in [2.75, 3.05) is 29.8 Å². The number of hydrogen-bond acceptors (Lipinski definition) is 8. The Labute approximate surface area is 210 Å². The molecule has 180 valence electrons. The van der Waals surface area contributed by atoms with Crippen molar-refractivity contribution in [3.05, 3.63) is 69.3 Å². The Kier molecular flexibility index (Phi) is 6.77. The van der Waals surface area contributed by atoms with Gasteiger partial charge in [0.1, 0.15) is 22.2 Å². The van der Waals surface area contributed by atoms with Crippen LogP contribution in [0.4, 0.5) is 16.5 Å². The molecule has 1 aliphatic heterocycles. The van der Waals surface area contributed by atoms with Crippen molar-refractivity contribution in [1.29, 1.82) is 0 Å². The lowest BCUT2D eigenvalue weighted by Gasteiger charge is -2.18. The summed E-state index contributed by atoms with van der Waals surface area (Å²) >= 11 is 7.63. The van der Waals surface area contributed by atoms with Gasteiger partial charge in [-0.1, -0.05) is 17.7 Å². The highest BCUT2D eigenvalue weighted by Crippen LogP contribution is 2.37. The quantitative estimate of drug-likeness (QED) is 0.449. The van der Waals surface area contributed by atoms with Gasteiger partial charge in [0, 0.05) is 22.2 Å². The van der Waals surface area contributed by atoms with Gasteiger partial charge in [0.15, 0.2) is 5.13 Å². The molecule has 3 aromatic rings. The molecule has 2 heterocycles. The van der Waals surface area contributed by atoms with Crippen molar-refractivity contribution >= 4 is 57.2 Å². The summed E-state index contributed by atoms with van der Waals surface area (Å²) in [6.07, 6.45) is 0. The molecule has 0 saturated heterocycles. The minimum Gasteiger partial charge on any atom is -0.497 e. The van der Waals surface area contributed by atoms with E-state index in [9.17, 15) is 14.4 Å². The zero-order valence-corrected chi connectivity index (χ0v) is 20.8. The van der Waals surface area contributed by atoms with E-state index in [0.29, 0.717) is 22.1 Å². The molecule has 1 aromatic heterocycles. The predicted molar refractivity (Wildman–Crippen MR) is 135 cm³/mol. The summed E-state index contributed by atoms with van der Waals surface area (Å²) < 4.78 is 10.5. The number of carbonyl (C=O) groups excluding carboxylic acids is 3. The number of anilines is 3. The van der Waals surface area contributed by atoms with Gasteiger partial charge in [0.05, 0.1) is 25.6 Å². The van der Waals surface area contributed by atoms with Crippen LogP contribution in [0, 0.1) is 13.8 Å². The van der Waals surface area contributed by atoms with Crippen LogP contribution in [0.3, 0.4) is 0 Å². The Balaban J connectivity index is 1.56. The van der Waals surface area contributed by atoms with E-state index >= 15 is 0 Å². The highest BCUT2D eigenvalue weighted by Gasteiger charge is 2.40. The largest absolute Gasteiger partial charge is 0.497 e. The maximum Gasteiger partial charge on any atom is 0.283 e. The molecule has 0 radical (unpaired) electrons. The first-order chi connectivity index (χ1) is 16.7. The molecule has 0 atom stereocenters. The van der Waals surface area contributed by atoms with Gasteiger partial charge >= 0.3 is 0 Å². The second-order valence-electron chi connectivity index (χ2n) is 7.49. The number of ether oxygens (including phenoxy) is 2. The highest BCUT2D eigenvalue weighted by atomic mass is 35.5. The number of nitrogens with one attached hydrogen (secondary N) is 2. The summed E-state index contributed by atoms with van der Waals surface area (Å²) in [5.41, 5.74) is 1.70. The standard InChI is InChI=1S/C24H21ClN4O5S/c1-12-13(2)35-24(26-12)28-21(30)14-6-5-7-15(10-14)27-20-19(25)22(31)29(23(20)32)17-9-8-16(33-3)11-18(17)34-4/h5-11,27H,1-4H3,(H,26,28,30). The van der Waals surface area contributed by atoms with Gasteiger partial charge in [0.25, 0.3) is 17.7 Å². The van der Waals surface area contributed by atoms with Crippen LogP contribution in [0.5, 0.6) is 11.5 Å². The van der Waals surface area contributed by atoms with Crippen LogP contribution in [0.15, 0.2) is 53.2 Å². The smallest absolute Gasteiger partial charge is 0.283 e. The molecule has 0 fully saturated rings. The number of aryl methyl sites for hydroxylation is 2. The first-order valence-corrected chi connectivity index (χ1v) is 11.6. The summed E-state index contributed by atoms with van der Waals surface area (Å²) in [5, 5.41) is 5.86. The lowest BCUT2D eigenvalue weighted by atomic mass is 10.2. The number of amides is 3. The molecule has 35 heavy (non-hydrogen) atoms. The van der Waals surface area contributed by atoms with Crippen LogP contribution in [-0.2, 0) is 9.59 Å². The summed E-state index contributed by atoms with van der Waals surface area (Å²) in [7, 11) is 2.91. The molecule has 9 nitrogen and oxygen atoms in total. The van der Waals surface area contributed by atoms with Gasteiger partial charge < -0.3 is 14.8 Å². The van der Waals surface area contributed by atoms with Crippen molar-refractivity contribution < 1.29 is 23.9 Å². The van der Waals surface area contributed by atoms with Crippen molar-refractivity contribution in [3.63, 3.8) is 0 Å². The van der Waals surface area contributed by atoms with Gasteiger partial charge in [-0.25, -0.2) is 9.88 Å². The molecule has 1 aliphatic rings. The van der Waals surface area contributed by atoms with Crippen LogP contribution in [0.25, 0.3) is 0 Å². The molecule has 11 heteroatoms. The van der Waals surface area contributed by atoms with E-state index in [4.69, 9.17) is 21.1 Å². The average Bonchev–Trinajstić information content (AvgIpc) is 3.28. The number of aromatic nitrogens is 1. The van der Waals surface area contributed by atoms with Crippen LogP contribution in [0.2, 0.25) is 0 Å². The third-order valence-electron chi connectivity index (χ3n) is 5.30. The third kappa shape index (κ3) is 4.71. The van der Waals surface area contributed by atoms with Crippen LogP contribution in [0.1, 0.15) is 20.9 Å². The van der Waals surface area contributed by atoms with Crippen molar-refractivity contribution in [1.82, 2.24) is 4.98 Å². The van der Waals surface area contributed by atoms with Crippen LogP contribution in [-0.4, -0.2) is 36.9 Å². The molecular formula is C24H21ClN4O5S. The van der Waals surface area contributed by atoms with Gasteiger partial charge in [-0.15, -0.1) is 11.3 Å². The minimum atomic E-state index is -0.703. The topological polar surface area (TPSA) is 110 Å². The van der Waals surface area contributed by atoms with Gasteiger partial charge in [-0.05, 0) is 44.2 Å². The van der Waals surface area contributed by atoms with E-state index in [1.165, 1.54) is 31.6 Å². The normalized spacial score (nSPS) is 13.3. The molecule has 0 unspecified atom stereocenters. The Morgan fingerprint density at radius 1 is 1.06 bits per heavy atom. The maximum atomic E-state index is 13.2. The number of hydrogen-bond donors (Lipinski definition) is 2. The molecular weight excluding hydrogens is 492 g/mol. The second kappa shape index (κ2) is 9.77. The predicted octanol–water partition coefficient (Wildman–Crippen LogP) is 4.47. The van der Waals surface area contributed by atoms with E-state index in [1.54, 1.807) is 36.4 Å². The fourth-order valence-electron chi connectivity index (χ4n) is 3.38. The highest BCUT2D eigenvalue weighted by molar-refractivity contribution is 7.15. The summed E-state index contributed by atoms with van der Waals surface area (Å²) in [6.45, 7) is 3.80. The Bertz CT molecular complexity index is 1360. The van der Waals surface area contributed by atoms with Crippen molar-refractivity contribution in [2.45, 2.75) is 13.8 Å². The molecule has 2 N–H and O–H groups in total. The number of benzene rings is 2. The fourth-order valence-corrected chi connectivity index (χ4v) is 4.40. The Morgan fingerprint density at radius 2 is 1.83 bits per heavy atom. The SMILES string of the molecule is COc1ccc(N2C(=O)C(Cl)=C(Nc3cccc(C(=O)Nc4nc(C)c(C)s4)c3)C2=O)c(OC)c1. The molecule has 0 saturated carbocycles. The van der Waals surface area contributed by atoms with Crippen LogP contribution < -0.4 is 25.0 Å². The average molecular weight is 513 g/mol. The van der Waals surface area contributed by atoms with E-state index in [2.05, 4.69) is 15.6 Å². The van der Waals surface area contributed by atoms with Crippen molar-refractivity contribution in [2.24, 2.45) is 0 Å². The first-order valence-electron chi connectivity index (χ1n) is 10.4. The number of carbonyl (C=O) groups is 3. The number of nitrogens with zero attached hydrogens (tertiary/aromatic N) is 2. The number of halogens is 1. The van der Waals surface area contributed by atoms with E-state index in [-0.39, 0.29) is 28.1 Å². The molecule has 4 rings (SSSR count). The number of thiazole rings is 1. The molecule has 0 aliphatic carbocycles. The number of methoxy groups -OCH3 is 2.